The summed E-state index contributed by atoms with van der Waals surface area (Å²) in [5.74, 6) is -0.112. The maximum absolute atomic E-state index is 14.0. The third-order valence-corrected chi connectivity index (χ3v) is 4.91. The van der Waals surface area contributed by atoms with Gasteiger partial charge in [-0.25, -0.2) is 9.18 Å². The van der Waals surface area contributed by atoms with Crippen molar-refractivity contribution in [3.8, 4) is 5.75 Å². The molecule has 1 aromatic heterocycles. The summed E-state index contributed by atoms with van der Waals surface area (Å²) in [6.45, 7) is 6.32. The van der Waals surface area contributed by atoms with Crippen LogP contribution in [0, 0.1) is 5.82 Å². The summed E-state index contributed by atoms with van der Waals surface area (Å²) in [4.78, 5) is 13.2. The Bertz CT molecular complexity index is 997. The average Bonchev–Trinajstić information content (AvgIpc) is 2.66. The Labute approximate surface area is 158 Å². The van der Waals surface area contributed by atoms with E-state index in [1.807, 2.05) is 18.2 Å². The number of rotatable bonds is 7. The smallest absolute Gasteiger partial charge is 0.336 e. The lowest BCUT2D eigenvalue weighted by molar-refractivity contribution is -0.925. The van der Waals surface area contributed by atoms with Gasteiger partial charge < -0.3 is 14.1 Å². The zero-order valence-electron chi connectivity index (χ0n) is 16.0. The van der Waals surface area contributed by atoms with Gasteiger partial charge in [-0.05, 0) is 43.2 Å². The average molecular weight is 370 g/mol. The first-order chi connectivity index (χ1) is 13.0. The molecular formula is C22H25FNO3+. The van der Waals surface area contributed by atoms with E-state index in [9.17, 15) is 9.18 Å². The maximum Gasteiger partial charge on any atom is 0.336 e. The normalized spacial score (nSPS) is 12.3. The Morgan fingerprint density at radius 3 is 2.48 bits per heavy atom. The Hall–Kier alpha value is -2.66. The van der Waals surface area contributed by atoms with Gasteiger partial charge in [-0.3, -0.25) is 0 Å². The minimum Gasteiger partial charge on any atom is -0.494 e. The fraction of sp³-hybridized carbons (Fsp3) is 0.318. The van der Waals surface area contributed by atoms with Crippen molar-refractivity contribution in [1.82, 2.24) is 0 Å². The van der Waals surface area contributed by atoms with Crippen LogP contribution in [0.2, 0.25) is 0 Å². The summed E-state index contributed by atoms with van der Waals surface area (Å²) in [6, 6.07) is 12.6. The van der Waals surface area contributed by atoms with Crippen molar-refractivity contribution in [2.24, 2.45) is 0 Å². The van der Waals surface area contributed by atoms with Crippen LogP contribution in [-0.4, -0.2) is 13.7 Å². The van der Waals surface area contributed by atoms with E-state index < -0.39 is 0 Å². The second-order valence-corrected chi connectivity index (χ2v) is 6.70. The summed E-state index contributed by atoms with van der Waals surface area (Å²) < 4.78 is 24.3. The van der Waals surface area contributed by atoms with Crippen LogP contribution < -0.4 is 15.3 Å². The molecule has 142 valence electrons. The molecular weight excluding hydrogens is 345 g/mol. The van der Waals surface area contributed by atoms with Gasteiger partial charge in [-0.15, -0.1) is 0 Å². The third-order valence-electron chi connectivity index (χ3n) is 4.91. The number of hydrogen-bond donors (Lipinski definition) is 1. The second-order valence-electron chi connectivity index (χ2n) is 6.70. The first-order valence-corrected chi connectivity index (χ1v) is 9.25. The fourth-order valence-corrected chi connectivity index (χ4v) is 3.33. The van der Waals surface area contributed by atoms with Crippen molar-refractivity contribution in [2.75, 3.05) is 13.7 Å². The number of halogens is 1. The van der Waals surface area contributed by atoms with Crippen LogP contribution in [-0.2, 0) is 19.5 Å². The molecule has 0 bridgehead atoms. The Morgan fingerprint density at radius 2 is 1.81 bits per heavy atom. The van der Waals surface area contributed by atoms with E-state index in [1.54, 1.807) is 12.1 Å². The molecule has 0 amide bonds. The lowest BCUT2D eigenvalue weighted by Crippen LogP contribution is -3.09. The minimum atomic E-state index is -0.358. The van der Waals surface area contributed by atoms with Gasteiger partial charge in [0, 0.05) is 22.6 Å². The van der Waals surface area contributed by atoms with Gasteiger partial charge in [0.15, 0.2) is 11.6 Å². The van der Waals surface area contributed by atoms with E-state index in [-0.39, 0.29) is 17.2 Å². The number of quaternary nitrogens is 1. The van der Waals surface area contributed by atoms with E-state index in [1.165, 1.54) is 18.1 Å². The maximum atomic E-state index is 14.0. The van der Waals surface area contributed by atoms with Gasteiger partial charge in [0.2, 0.25) is 0 Å². The third kappa shape index (κ3) is 4.37. The van der Waals surface area contributed by atoms with Crippen molar-refractivity contribution in [3.63, 3.8) is 0 Å². The van der Waals surface area contributed by atoms with E-state index in [4.69, 9.17) is 9.15 Å². The summed E-state index contributed by atoms with van der Waals surface area (Å²) >= 11 is 0. The number of hydrogen-bond acceptors (Lipinski definition) is 3. The minimum absolute atomic E-state index is 0.246. The van der Waals surface area contributed by atoms with Crippen molar-refractivity contribution >= 4 is 11.0 Å². The van der Waals surface area contributed by atoms with Gasteiger partial charge >= 0.3 is 5.63 Å². The Kier molecular flexibility index (Phi) is 5.91. The van der Waals surface area contributed by atoms with Crippen molar-refractivity contribution < 1.29 is 18.4 Å². The van der Waals surface area contributed by atoms with Crippen LogP contribution in [0.25, 0.3) is 11.0 Å². The fourth-order valence-electron chi connectivity index (χ4n) is 3.33. The highest BCUT2D eigenvalue weighted by Crippen LogP contribution is 2.19. The molecule has 1 N–H and O–H groups in total. The van der Waals surface area contributed by atoms with Crippen LogP contribution in [0.1, 0.15) is 30.5 Å². The monoisotopic (exact) mass is 370 g/mol. The molecule has 1 unspecified atom stereocenters. The molecule has 3 rings (SSSR count). The zero-order chi connectivity index (χ0) is 19.4. The number of aryl methyl sites for hydroxylation is 1. The summed E-state index contributed by atoms with van der Waals surface area (Å²) in [7, 11) is 1.46. The van der Waals surface area contributed by atoms with Gasteiger partial charge in [0.05, 0.1) is 13.7 Å². The quantitative estimate of drug-likeness (QED) is 0.650. The highest BCUT2D eigenvalue weighted by atomic mass is 19.1. The molecule has 4 nitrogen and oxygen atoms in total. The highest BCUT2D eigenvalue weighted by molar-refractivity contribution is 5.80. The number of fused-ring (bicyclic) bond motifs is 1. The molecule has 5 heteroatoms. The van der Waals surface area contributed by atoms with Crippen molar-refractivity contribution in [2.45, 2.75) is 33.4 Å². The summed E-state index contributed by atoms with van der Waals surface area (Å²) in [6.07, 6.45) is 0.888. The zero-order valence-corrected chi connectivity index (χ0v) is 16.0. The predicted molar refractivity (Wildman–Crippen MR) is 104 cm³/mol. The molecule has 0 fully saturated rings. The molecule has 27 heavy (non-hydrogen) atoms. The van der Waals surface area contributed by atoms with Gasteiger partial charge in [0.1, 0.15) is 18.7 Å². The molecule has 0 spiro atoms. The molecule has 0 saturated heterocycles. The van der Waals surface area contributed by atoms with Crippen LogP contribution in [0.4, 0.5) is 4.39 Å². The van der Waals surface area contributed by atoms with E-state index in [0.717, 1.165) is 35.0 Å². The molecule has 2 aromatic carbocycles. The molecule has 0 aliphatic heterocycles. The SMILES string of the molecule is CCc1ccc2c(C[NH+](CC)Cc3ccc(OC)c(F)c3)cc(=O)oc2c1. The van der Waals surface area contributed by atoms with E-state index in [2.05, 4.69) is 19.9 Å². The first-order valence-electron chi connectivity index (χ1n) is 9.25. The van der Waals surface area contributed by atoms with Gasteiger partial charge in [0.25, 0.3) is 0 Å². The Morgan fingerprint density at radius 1 is 1.04 bits per heavy atom. The lowest BCUT2D eigenvalue weighted by atomic mass is 10.1. The lowest BCUT2D eigenvalue weighted by Gasteiger charge is -2.19. The van der Waals surface area contributed by atoms with Crippen LogP contribution in [0.5, 0.6) is 5.75 Å². The van der Waals surface area contributed by atoms with Crippen molar-refractivity contribution in [3.05, 3.63) is 75.4 Å². The van der Waals surface area contributed by atoms with Gasteiger partial charge in [-0.2, -0.15) is 0 Å². The molecule has 0 aliphatic rings. The predicted octanol–water partition coefficient (Wildman–Crippen LogP) is 3.11. The first kappa shape index (κ1) is 19.1. The van der Waals surface area contributed by atoms with E-state index >= 15 is 0 Å². The molecule has 3 aromatic rings. The molecule has 0 saturated carbocycles. The number of ether oxygens (including phenoxy) is 1. The Balaban J connectivity index is 1.88. The molecule has 1 atom stereocenters. The highest BCUT2D eigenvalue weighted by Gasteiger charge is 2.15. The van der Waals surface area contributed by atoms with Crippen LogP contribution in [0.3, 0.4) is 0 Å². The van der Waals surface area contributed by atoms with Gasteiger partial charge in [-0.1, -0.05) is 19.1 Å². The second kappa shape index (κ2) is 8.35. The number of benzene rings is 2. The van der Waals surface area contributed by atoms with Crippen molar-refractivity contribution in [1.29, 1.82) is 0 Å². The molecule has 0 radical (unpaired) electrons. The van der Waals surface area contributed by atoms with Crippen LogP contribution >= 0.6 is 0 Å². The largest absolute Gasteiger partial charge is 0.494 e. The van der Waals surface area contributed by atoms with E-state index in [0.29, 0.717) is 18.7 Å². The number of methoxy groups -OCH3 is 1. The summed E-state index contributed by atoms with van der Waals surface area (Å²) in [5, 5.41) is 0.957. The topological polar surface area (TPSA) is 43.9 Å². The van der Waals surface area contributed by atoms with Crippen LogP contribution in [0.15, 0.2) is 51.7 Å². The summed E-state index contributed by atoms with van der Waals surface area (Å²) in [5.41, 5.74) is 3.27. The standard InChI is InChI=1S/C22H24FNO3/c1-4-15-6-8-18-17(12-22(25)27-21(18)11-15)14-24(5-2)13-16-7-9-20(26-3)19(23)10-16/h6-12H,4-5,13-14H2,1-3H3/p+1. The molecule has 0 aliphatic carbocycles. The molecule has 1 heterocycles. The number of nitrogens with one attached hydrogen (secondary N) is 1.